The summed E-state index contributed by atoms with van der Waals surface area (Å²) in [6.45, 7) is 3.94. The second-order valence-electron chi connectivity index (χ2n) is 8.58. The molecule has 0 fully saturated rings. The Labute approximate surface area is 194 Å². The summed E-state index contributed by atoms with van der Waals surface area (Å²) in [5.41, 5.74) is 4.59. The number of fused-ring (bicyclic) bond motifs is 3. The third kappa shape index (κ3) is 6.57. The van der Waals surface area contributed by atoms with Gasteiger partial charge in [0.25, 0.3) is 0 Å². The van der Waals surface area contributed by atoms with E-state index in [9.17, 15) is 14.4 Å². The molecule has 0 unspecified atom stereocenters. The van der Waals surface area contributed by atoms with E-state index in [0.29, 0.717) is 6.42 Å². The number of carboxylic acids is 1. The summed E-state index contributed by atoms with van der Waals surface area (Å²) in [6.07, 6.45) is 1.73. The van der Waals surface area contributed by atoms with Crippen LogP contribution in [0.3, 0.4) is 0 Å². The average molecular weight is 453 g/mol. The van der Waals surface area contributed by atoms with Crippen LogP contribution in [0.5, 0.6) is 0 Å². The Bertz CT molecular complexity index is 945. The minimum atomic E-state index is -0.943. The van der Waals surface area contributed by atoms with E-state index >= 15 is 0 Å². The zero-order valence-electron chi connectivity index (χ0n) is 19.2. The quantitative estimate of drug-likeness (QED) is 0.467. The van der Waals surface area contributed by atoms with Crippen LogP contribution >= 0.6 is 0 Å². The van der Waals surface area contributed by atoms with Crippen LogP contribution in [0.15, 0.2) is 48.5 Å². The summed E-state index contributed by atoms with van der Waals surface area (Å²) in [5.74, 6) is -1.26. The molecule has 3 rings (SSSR count). The number of nitrogens with one attached hydrogen (secondary N) is 2. The number of unbranched alkanes of at least 4 members (excludes halogenated alkanes) is 1. The first kappa shape index (κ1) is 24.3. The van der Waals surface area contributed by atoms with Crippen molar-refractivity contribution in [3.63, 3.8) is 0 Å². The van der Waals surface area contributed by atoms with Crippen molar-refractivity contribution in [3.05, 3.63) is 59.7 Å². The minimum absolute atomic E-state index is 0.0305. The summed E-state index contributed by atoms with van der Waals surface area (Å²) in [4.78, 5) is 35.7. The van der Waals surface area contributed by atoms with E-state index < -0.39 is 24.1 Å². The third-order valence-electron chi connectivity index (χ3n) is 5.89. The van der Waals surface area contributed by atoms with Crippen LogP contribution in [0.1, 0.15) is 63.0 Å². The van der Waals surface area contributed by atoms with Crippen molar-refractivity contribution in [3.8, 4) is 11.1 Å². The maximum Gasteiger partial charge on any atom is 0.407 e. The highest BCUT2D eigenvalue weighted by Gasteiger charge is 2.29. The number of aliphatic carboxylic acids is 1. The van der Waals surface area contributed by atoms with Gasteiger partial charge in [-0.1, -0.05) is 68.3 Å². The van der Waals surface area contributed by atoms with Crippen molar-refractivity contribution < 1.29 is 24.2 Å². The molecule has 0 heterocycles. The van der Waals surface area contributed by atoms with Crippen molar-refractivity contribution in [1.82, 2.24) is 10.6 Å². The van der Waals surface area contributed by atoms with Crippen LogP contribution in [0.25, 0.3) is 11.1 Å². The molecule has 0 aliphatic heterocycles. The van der Waals surface area contributed by atoms with Gasteiger partial charge in [0.15, 0.2) is 0 Å². The topological polar surface area (TPSA) is 105 Å². The molecule has 176 valence electrons. The number of rotatable bonds is 11. The van der Waals surface area contributed by atoms with Crippen molar-refractivity contribution in [2.75, 3.05) is 6.61 Å². The molecular formula is C26H32N2O5. The van der Waals surface area contributed by atoms with Crippen molar-refractivity contribution in [1.29, 1.82) is 0 Å². The first-order chi connectivity index (χ1) is 15.9. The van der Waals surface area contributed by atoms with Gasteiger partial charge < -0.3 is 20.5 Å². The SMILES string of the molecule is CCCC[C@H](CC(=O)O)NC(=O)C[C@H](C)NC(=O)OCC1c2ccccc2-c2ccccc21. The molecule has 0 radical (unpaired) electrons. The molecule has 7 heteroatoms. The predicted octanol–water partition coefficient (Wildman–Crippen LogP) is 4.45. The highest BCUT2D eigenvalue weighted by atomic mass is 16.5. The van der Waals surface area contributed by atoms with Gasteiger partial charge in [-0.15, -0.1) is 0 Å². The Morgan fingerprint density at radius 2 is 1.58 bits per heavy atom. The molecule has 33 heavy (non-hydrogen) atoms. The Hall–Kier alpha value is -3.35. The van der Waals surface area contributed by atoms with E-state index in [1.54, 1.807) is 6.92 Å². The first-order valence-electron chi connectivity index (χ1n) is 11.5. The number of ether oxygens (including phenoxy) is 1. The fourth-order valence-electron chi connectivity index (χ4n) is 4.34. The summed E-state index contributed by atoms with van der Waals surface area (Å²) in [7, 11) is 0. The summed E-state index contributed by atoms with van der Waals surface area (Å²) >= 11 is 0. The molecule has 7 nitrogen and oxygen atoms in total. The van der Waals surface area contributed by atoms with Crippen LogP contribution < -0.4 is 10.6 Å². The second-order valence-corrected chi connectivity index (χ2v) is 8.58. The smallest absolute Gasteiger partial charge is 0.407 e. The van der Waals surface area contributed by atoms with Crippen molar-refractivity contribution in [2.24, 2.45) is 0 Å². The number of carbonyl (C=O) groups excluding carboxylic acids is 2. The highest BCUT2D eigenvalue weighted by molar-refractivity contribution is 5.80. The Kier molecular flexibility index (Phi) is 8.46. The lowest BCUT2D eigenvalue weighted by atomic mass is 9.98. The molecular weight excluding hydrogens is 420 g/mol. The largest absolute Gasteiger partial charge is 0.481 e. The van der Waals surface area contributed by atoms with Gasteiger partial charge in [-0.2, -0.15) is 0 Å². The predicted molar refractivity (Wildman–Crippen MR) is 126 cm³/mol. The maximum absolute atomic E-state index is 12.4. The number of alkyl carbamates (subject to hydrolysis) is 1. The second kappa shape index (κ2) is 11.5. The van der Waals surface area contributed by atoms with Crippen LogP contribution in [0.2, 0.25) is 0 Å². The molecule has 0 spiro atoms. The van der Waals surface area contributed by atoms with Crippen LogP contribution in [0.4, 0.5) is 4.79 Å². The van der Waals surface area contributed by atoms with Gasteiger partial charge in [-0.05, 0) is 35.6 Å². The lowest BCUT2D eigenvalue weighted by Gasteiger charge is -2.19. The molecule has 1 aliphatic rings. The van der Waals surface area contributed by atoms with Crippen LogP contribution in [-0.4, -0.2) is 41.8 Å². The fraction of sp³-hybridized carbons (Fsp3) is 0.423. The lowest BCUT2D eigenvalue weighted by Crippen LogP contribution is -2.41. The molecule has 1 aliphatic carbocycles. The van der Waals surface area contributed by atoms with E-state index in [4.69, 9.17) is 9.84 Å². The summed E-state index contributed by atoms with van der Waals surface area (Å²) < 4.78 is 5.52. The maximum atomic E-state index is 12.4. The Morgan fingerprint density at radius 1 is 0.970 bits per heavy atom. The molecule has 2 atom stereocenters. The van der Waals surface area contributed by atoms with Gasteiger partial charge in [0, 0.05) is 24.4 Å². The number of carbonyl (C=O) groups is 3. The molecule has 2 aromatic rings. The monoisotopic (exact) mass is 452 g/mol. The normalized spacial score (nSPS) is 14.0. The highest BCUT2D eigenvalue weighted by Crippen LogP contribution is 2.44. The standard InChI is InChI=1S/C26H32N2O5/c1-3-4-9-18(15-25(30)31)28-24(29)14-17(2)27-26(32)33-16-23-21-12-7-5-10-19(21)20-11-6-8-13-22(20)23/h5-8,10-13,17-18,23H,3-4,9,14-16H2,1-2H3,(H,27,32)(H,28,29)(H,30,31)/t17-,18+/m0/s1. The Balaban J connectivity index is 1.50. The van der Waals surface area contributed by atoms with E-state index in [1.165, 1.54) is 0 Å². The summed E-state index contributed by atoms with van der Waals surface area (Å²) in [5, 5.41) is 14.5. The number of amides is 2. The van der Waals surface area contributed by atoms with E-state index in [0.717, 1.165) is 35.1 Å². The van der Waals surface area contributed by atoms with Gasteiger partial charge in [0.2, 0.25) is 5.91 Å². The van der Waals surface area contributed by atoms with E-state index in [1.807, 2.05) is 31.2 Å². The lowest BCUT2D eigenvalue weighted by molar-refractivity contribution is -0.137. The average Bonchev–Trinajstić information content (AvgIpc) is 3.09. The van der Waals surface area contributed by atoms with Gasteiger partial charge >= 0.3 is 12.1 Å². The van der Waals surface area contributed by atoms with Crippen molar-refractivity contribution in [2.45, 2.75) is 64.0 Å². The van der Waals surface area contributed by atoms with Crippen molar-refractivity contribution >= 4 is 18.0 Å². The number of carboxylic acid groups (broad SMARTS) is 1. The Morgan fingerprint density at radius 3 is 2.15 bits per heavy atom. The van der Waals surface area contributed by atoms with Gasteiger partial charge in [-0.25, -0.2) is 4.79 Å². The molecule has 3 N–H and O–H groups in total. The number of hydrogen-bond acceptors (Lipinski definition) is 4. The molecule has 2 amide bonds. The molecule has 0 aromatic heterocycles. The zero-order valence-corrected chi connectivity index (χ0v) is 19.2. The van der Waals surface area contributed by atoms with Gasteiger partial charge in [-0.3, -0.25) is 9.59 Å². The fourth-order valence-corrected chi connectivity index (χ4v) is 4.34. The minimum Gasteiger partial charge on any atom is -0.481 e. The molecule has 0 saturated heterocycles. The molecule has 2 aromatic carbocycles. The zero-order chi connectivity index (χ0) is 23.8. The summed E-state index contributed by atoms with van der Waals surface area (Å²) in [6, 6.07) is 15.4. The molecule has 0 saturated carbocycles. The van der Waals surface area contributed by atoms with E-state index in [-0.39, 0.29) is 31.3 Å². The third-order valence-corrected chi connectivity index (χ3v) is 5.89. The van der Waals surface area contributed by atoms with E-state index in [2.05, 4.69) is 34.9 Å². The van der Waals surface area contributed by atoms with Crippen LogP contribution in [-0.2, 0) is 14.3 Å². The molecule has 0 bridgehead atoms. The van der Waals surface area contributed by atoms with Gasteiger partial charge in [0.05, 0.1) is 6.42 Å². The number of hydrogen-bond donors (Lipinski definition) is 3. The van der Waals surface area contributed by atoms with Gasteiger partial charge in [0.1, 0.15) is 6.61 Å². The first-order valence-corrected chi connectivity index (χ1v) is 11.5. The van der Waals surface area contributed by atoms with Crippen LogP contribution in [0, 0.1) is 0 Å². The number of benzene rings is 2.